The number of ether oxygens (including phenoxy) is 3. The van der Waals surface area contributed by atoms with Crippen molar-refractivity contribution in [3.05, 3.63) is 117 Å². The Hall–Kier alpha value is -4.20. The van der Waals surface area contributed by atoms with Gasteiger partial charge >= 0.3 is 5.97 Å². The molecule has 0 saturated heterocycles. The van der Waals surface area contributed by atoms with Gasteiger partial charge in [0.25, 0.3) is 0 Å². The Morgan fingerprint density at radius 2 is 1.68 bits per heavy atom. The van der Waals surface area contributed by atoms with E-state index in [4.69, 9.17) is 25.8 Å². The third-order valence-electron chi connectivity index (χ3n) is 6.18. The van der Waals surface area contributed by atoms with Gasteiger partial charge in [-0.1, -0.05) is 78.0 Å². The molecule has 0 aromatic heterocycles. The van der Waals surface area contributed by atoms with Gasteiger partial charge in [0.1, 0.15) is 23.0 Å². The lowest BCUT2D eigenvalue weighted by Gasteiger charge is -2.15. The van der Waals surface area contributed by atoms with Gasteiger partial charge in [-0.05, 0) is 72.2 Å². The number of nitrogens with zero attached hydrogens (tertiary/aromatic N) is 1. The highest BCUT2D eigenvalue weighted by atomic mass is 35.5. The van der Waals surface area contributed by atoms with Crippen LogP contribution >= 0.6 is 23.4 Å². The quantitative estimate of drug-likeness (QED) is 0.198. The first kappa shape index (κ1) is 28.3. The number of rotatable bonds is 9. The third-order valence-corrected chi connectivity index (χ3v) is 7.48. The summed E-state index contributed by atoms with van der Waals surface area (Å²) in [5, 5.41) is 14.1. The van der Waals surface area contributed by atoms with Gasteiger partial charge in [0.15, 0.2) is 11.5 Å². The zero-order chi connectivity index (χ0) is 28.8. The number of aliphatic imine (C=N–C) groups is 1. The van der Waals surface area contributed by atoms with Crippen molar-refractivity contribution < 1.29 is 24.1 Å². The number of fused-ring (bicyclic) bond motifs is 1. The monoisotopic (exact) mass is 585 g/mol. The van der Waals surface area contributed by atoms with Crippen molar-refractivity contribution in [1.82, 2.24) is 0 Å². The summed E-state index contributed by atoms with van der Waals surface area (Å²) >= 11 is 7.88. The Kier molecular flexibility index (Phi) is 8.97. The van der Waals surface area contributed by atoms with E-state index in [9.17, 15) is 9.90 Å². The second-order valence-electron chi connectivity index (χ2n) is 9.04. The molecule has 1 heterocycles. The number of halogens is 1. The predicted molar refractivity (Wildman–Crippen MR) is 166 cm³/mol. The number of thioether (sulfide) groups is 1. The number of carbonyl (C=O) groups excluding carboxylic acids is 1. The van der Waals surface area contributed by atoms with Crippen LogP contribution in [-0.2, 0) is 16.1 Å². The Labute approximate surface area is 247 Å². The molecule has 208 valence electrons. The van der Waals surface area contributed by atoms with Gasteiger partial charge in [-0.2, -0.15) is 0 Å². The molecular weight excluding hydrogens is 558 g/mol. The zero-order valence-corrected chi connectivity index (χ0v) is 24.2. The lowest BCUT2D eigenvalue weighted by Crippen LogP contribution is -2.12. The fourth-order valence-electron chi connectivity index (χ4n) is 4.32. The molecule has 0 spiro atoms. The summed E-state index contributed by atoms with van der Waals surface area (Å²) in [4.78, 5) is 17.8. The van der Waals surface area contributed by atoms with Crippen molar-refractivity contribution in [3.8, 4) is 11.5 Å². The van der Waals surface area contributed by atoms with Crippen molar-refractivity contribution in [2.75, 3.05) is 13.2 Å². The maximum absolute atomic E-state index is 12.7. The molecule has 0 amide bonds. The molecule has 0 radical (unpaired) electrons. The van der Waals surface area contributed by atoms with E-state index in [1.807, 2.05) is 55.5 Å². The molecule has 41 heavy (non-hydrogen) atoms. The van der Waals surface area contributed by atoms with Crippen LogP contribution in [0.4, 0.5) is 5.69 Å². The second kappa shape index (κ2) is 13.0. The average molecular weight is 586 g/mol. The molecule has 0 unspecified atom stereocenters. The number of esters is 1. The van der Waals surface area contributed by atoms with Crippen LogP contribution in [0.1, 0.15) is 25.0 Å². The largest absolute Gasteiger partial charge is 0.506 e. The van der Waals surface area contributed by atoms with E-state index >= 15 is 0 Å². The lowest BCUT2D eigenvalue weighted by molar-refractivity contribution is -0.138. The number of para-hydroxylation sites is 1. The normalized spacial score (nSPS) is 15.1. The Bertz CT molecular complexity index is 1680. The summed E-state index contributed by atoms with van der Waals surface area (Å²) in [6.07, 6.45) is 1.73. The Morgan fingerprint density at radius 3 is 2.44 bits per heavy atom. The van der Waals surface area contributed by atoms with Gasteiger partial charge in [0.05, 0.1) is 28.8 Å². The topological polar surface area (TPSA) is 77.4 Å². The SMILES string of the molecule is CCOC(=O)C1=C(O)/C(=C/c2cc(Cl)c(OCc3ccc4ccccc4c3)c(OCC)c2)SC1=Nc1ccccc1. The van der Waals surface area contributed by atoms with Gasteiger partial charge in [0, 0.05) is 0 Å². The molecule has 0 fully saturated rings. The molecule has 4 aromatic rings. The predicted octanol–water partition coefficient (Wildman–Crippen LogP) is 8.66. The molecule has 0 saturated carbocycles. The molecule has 5 rings (SSSR count). The van der Waals surface area contributed by atoms with Crippen LogP contribution in [0, 0.1) is 0 Å². The van der Waals surface area contributed by atoms with Crippen molar-refractivity contribution in [2.24, 2.45) is 4.99 Å². The molecule has 0 bridgehead atoms. The zero-order valence-electron chi connectivity index (χ0n) is 22.6. The molecule has 1 N–H and O–H groups in total. The van der Waals surface area contributed by atoms with E-state index in [1.165, 1.54) is 11.8 Å². The van der Waals surface area contributed by atoms with Crippen LogP contribution in [-0.4, -0.2) is 29.3 Å². The maximum Gasteiger partial charge on any atom is 0.344 e. The Balaban J connectivity index is 1.45. The van der Waals surface area contributed by atoms with Crippen molar-refractivity contribution >= 4 is 56.9 Å². The van der Waals surface area contributed by atoms with Crippen LogP contribution in [0.15, 0.2) is 106 Å². The number of benzene rings is 4. The maximum atomic E-state index is 12.7. The van der Waals surface area contributed by atoms with Crippen LogP contribution in [0.3, 0.4) is 0 Å². The molecule has 1 aliphatic rings. The highest BCUT2D eigenvalue weighted by Crippen LogP contribution is 2.42. The number of hydrogen-bond donors (Lipinski definition) is 1. The molecule has 0 atom stereocenters. The fraction of sp³-hybridized carbons (Fsp3) is 0.152. The highest BCUT2D eigenvalue weighted by molar-refractivity contribution is 8.18. The molecule has 6 nitrogen and oxygen atoms in total. The highest BCUT2D eigenvalue weighted by Gasteiger charge is 2.33. The minimum absolute atomic E-state index is 0.0263. The first-order chi connectivity index (χ1) is 20.0. The van der Waals surface area contributed by atoms with E-state index in [0.29, 0.717) is 50.9 Å². The van der Waals surface area contributed by atoms with Crippen LogP contribution in [0.25, 0.3) is 16.8 Å². The van der Waals surface area contributed by atoms with Crippen LogP contribution in [0.2, 0.25) is 5.02 Å². The number of aliphatic hydroxyl groups excluding tert-OH is 1. The summed E-state index contributed by atoms with van der Waals surface area (Å²) in [5.41, 5.74) is 2.34. The molecule has 8 heteroatoms. The molecule has 1 aliphatic heterocycles. The van der Waals surface area contributed by atoms with Gasteiger partial charge in [-0.3, -0.25) is 0 Å². The first-order valence-electron chi connectivity index (χ1n) is 13.2. The molecule has 0 aliphatic carbocycles. The van der Waals surface area contributed by atoms with Gasteiger partial charge in [-0.25, -0.2) is 9.79 Å². The minimum Gasteiger partial charge on any atom is -0.506 e. The molecular formula is C33H28ClNO5S. The van der Waals surface area contributed by atoms with E-state index in [1.54, 1.807) is 25.1 Å². The third kappa shape index (κ3) is 6.59. The summed E-state index contributed by atoms with van der Waals surface area (Å²) in [7, 11) is 0. The standard InChI is InChI=1S/C33H28ClNO5S/c1-3-38-27-18-22(17-26(34)31(27)40-20-21-14-15-23-10-8-9-11-24(23)16-21)19-28-30(36)29(33(37)39-4-2)32(41-28)35-25-12-6-5-7-13-25/h5-19,36H,3-4,20H2,1-2H3/b28-19-,35-32?. The smallest absolute Gasteiger partial charge is 0.344 e. The van der Waals surface area contributed by atoms with Gasteiger partial charge in [0.2, 0.25) is 0 Å². The summed E-state index contributed by atoms with van der Waals surface area (Å²) in [5.74, 6) is 0.0685. The van der Waals surface area contributed by atoms with Crippen molar-refractivity contribution in [1.29, 1.82) is 0 Å². The van der Waals surface area contributed by atoms with Crippen molar-refractivity contribution in [2.45, 2.75) is 20.5 Å². The van der Waals surface area contributed by atoms with Crippen molar-refractivity contribution in [3.63, 3.8) is 0 Å². The van der Waals surface area contributed by atoms with E-state index in [2.05, 4.69) is 29.3 Å². The van der Waals surface area contributed by atoms with E-state index in [-0.39, 0.29) is 17.9 Å². The number of carbonyl (C=O) groups is 1. The molecule has 4 aromatic carbocycles. The summed E-state index contributed by atoms with van der Waals surface area (Å²) in [6, 6.07) is 27.1. The lowest BCUT2D eigenvalue weighted by atomic mass is 10.1. The van der Waals surface area contributed by atoms with E-state index in [0.717, 1.165) is 16.3 Å². The second-order valence-corrected chi connectivity index (χ2v) is 10.5. The van der Waals surface area contributed by atoms with Gasteiger partial charge in [-0.15, -0.1) is 0 Å². The Morgan fingerprint density at radius 1 is 0.927 bits per heavy atom. The summed E-state index contributed by atoms with van der Waals surface area (Å²) in [6.45, 7) is 4.48. The number of aliphatic hydroxyl groups is 1. The minimum atomic E-state index is -0.638. The van der Waals surface area contributed by atoms with Crippen LogP contribution < -0.4 is 9.47 Å². The average Bonchev–Trinajstić information content (AvgIpc) is 3.27. The summed E-state index contributed by atoms with van der Waals surface area (Å²) < 4.78 is 17.2. The van der Waals surface area contributed by atoms with Gasteiger partial charge < -0.3 is 19.3 Å². The van der Waals surface area contributed by atoms with Crippen LogP contribution in [0.5, 0.6) is 11.5 Å². The van der Waals surface area contributed by atoms with E-state index < -0.39 is 5.97 Å². The first-order valence-corrected chi connectivity index (χ1v) is 14.4. The fourth-order valence-corrected chi connectivity index (χ4v) is 5.63. The number of hydrogen-bond acceptors (Lipinski definition) is 7.